The molecule has 0 aromatic carbocycles. The Bertz CT molecular complexity index is 562. The lowest BCUT2D eigenvalue weighted by Gasteiger charge is -2.43. The molecule has 2 bridgehead atoms. The van der Waals surface area contributed by atoms with E-state index in [2.05, 4.69) is 10.4 Å². The maximum atomic E-state index is 12.4. The fourth-order valence-electron chi connectivity index (χ4n) is 3.91. The number of nitrogens with two attached hydrogens (primary N) is 2. The number of anilines is 1. The largest absolute Gasteiger partial charge is 0.368 e. The van der Waals surface area contributed by atoms with E-state index >= 15 is 0 Å². The molecule has 2 unspecified atom stereocenters. The van der Waals surface area contributed by atoms with Crippen LogP contribution in [0.15, 0.2) is 12.3 Å². The van der Waals surface area contributed by atoms with Crippen molar-refractivity contribution in [1.29, 1.82) is 0 Å². The Hall–Kier alpha value is -1.60. The number of nitrogens with zero attached hydrogens (tertiary/aromatic N) is 2. The average Bonchev–Trinajstić information content (AvgIpc) is 2.84. The molecule has 0 saturated heterocycles. The summed E-state index contributed by atoms with van der Waals surface area (Å²) < 4.78 is 1.42. The molecule has 2 fully saturated rings. The van der Waals surface area contributed by atoms with Gasteiger partial charge in [0.2, 0.25) is 11.8 Å². The van der Waals surface area contributed by atoms with E-state index in [4.69, 9.17) is 11.5 Å². The predicted octanol–water partition coefficient (Wildman–Crippen LogP) is 0.882. The Kier molecular flexibility index (Phi) is 5.64. The summed E-state index contributed by atoms with van der Waals surface area (Å²) in [7, 11) is 0. The molecular formula is C15H24ClN5O2. The van der Waals surface area contributed by atoms with Crippen LogP contribution in [0.25, 0.3) is 0 Å². The third-order valence-electron chi connectivity index (χ3n) is 4.99. The Balaban J connectivity index is 0.00000192. The van der Waals surface area contributed by atoms with Crippen molar-refractivity contribution in [3.63, 3.8) is 0 Å². The van der Waals surface area contributed by atoms with Crippen molar-refractivity contribution in [2.24, 2.45) is 29.2 Å². The van der Waals surface area contributed by atoms with E-state index in [1.165, 1.54) is 11.1 Å². The van der Waals surface area contributed by atoms with Gasteiger partial charge in [0.15, 0.2) is 5.82 Å². The third-order valence-corrected chi connectivity index (χ3v) is 4.99. The van der Waals surface area contributed by atoms with Crippen molar-refractivity contribution < 1.29 is 9.59 Å². The zero-order chi connectivity index (χ0) is 15.7. The van der Waals surface area contributed by atoms with Gasteiger partial charge in [0.1, 0.15) is 6.54 Å². The number of hydrogen-bond donors (Lipinski definition) is 3. The number of nitrogens with one attached hydrogen (secondary N) is 1. The van der Waals surface area contributed by atoms with E-state index < -0.39 is 5.91 Å². The van der Waals surface area contributed by atoms with Gasteiger partial charge in [-0.2, -0.15) is 5.10 Å². The highest BCUT2D eigenvalue weighted by Crippen LogP contribution is 2.42. The van der Waals surface area contributed by atoms with Crippen LogP contribution in [0.1, 0.15) is 32.1 Å². The van der Waals surface area contributed by atoms with Crippen molar-refractivity contribution in [3.8, 4) is 0 Å². The molecule has 128 valence electrons. The highest BCUT2D eigenvalue weighted by Gasteiger charge is 2.40. The first kappa shape index (κ1) is 17.7. The molecule has 7 nitrogen and oxygen atoms in total. The molecule has 23 heavy (non-hydrogen) atoms. The Labute approximate surface area is 141 Å². The molecule has 5 N–H and O–H groups in total. The third kappa shape index (κ3) is 4.03. The maximum absolute atomic E-state index is 12.4. The van der Waals surface area contributed by atoms with E-state index in [0.29, 0.717) is 17.7 Å². The highest BCUT2D eigenvalue weighted by atomic mass is 35.5. The van der Waals surface area contributed by atoms with Gasteiger partial charge in [-0.25, -0.2) is 0 Å². The first-order chi connectivity index (χ1) is 10.5. The second kappa shape index (κ2) is 7.31. The summed E-state index contributed by atoms with van der Waals surface area (Å²) in [6, 6.07) is 1.93. The molecule has 0 radical (unpaired) electrons. The molecule has 1 aromatic heterocycles. The van der Waals surface area contributed by atoms with Crippen molar-refractivity contribution in [3.05, 3.63) is 12.3 Å². The molecule has 0 spiro atoms. The van der Waals surface area contributed by atoms with Gasteiger partial charge < -0.3 is 16.8 Å². The van der Waals surface area contributed by atoms with E-state index in [0.717, 1.165) is 25.7 Å². The summed E-state index contributed by atoms with van der Waals surface area (Å²) in [5, 5.41) is 6.98. The van der Waals surface area contributed by atoms with Gasteiger partial charge in [-0.3, -0.25) is 14.3 Å². The first-order valence-electron chi connectivity index (χ1n) is 7.91. The summed E-state index contributed by atoms with van der Waals surface area (Å²) in [6.07, 6.45) is 6.86. The Morgan fingerprint density at radius 1 is 1.30 bits per heavy atom. The minimum atomic E-state index is -0.463. The Morgan fingerprint density at radius 2 is 1.96 bits per heavy atom. The van der Waals surface area contributed by atoms with Gasteiger partial charge in [-0.15, -0.1) is 12.4 Å². The maximum Gasteiger partial charge on any atom is 0.239 e. The standard InChI is InChI=1S/C15H23N5O2.ClH/c16-12(21)8-20-5-4-13(19-20)18-15(22)11-6-9-2-1-3-10(7-11)14(9)17;/h4-5,9-11,14H,1-3,6-8,17H2,(H2,16,21)(H,18,19,22);1H. The normalized spacial score (nSPS) is 29.4. The van der Waals surface area contributed by atoms with Crippen LogP contribution in [-0.2, 0) is 16.1 Å². The second-order valence-corrected chi connectivity index (χ2v) is 6.55. The molecule has 2 saturated carbocycles. The zero-order valence-electron chi connectivity index (χ0n) is 13.0. The molecular weight excluding hydrogens is 318 g/mol. The lowest BCUT2D eigenvalue weighted by molar-refractivity contribution is -0.122. The molecule has 2 aliphatic rings. The number of fused-ring (bicyclic) bond motifs is 2. The van der Waals surface area contributed by atoms with Crippen LogP contribution in [0, 0.1) is 17.8 Å². The SMILES string of the molecule is Cl.NC(=O)Cn1ccc(NC(=O)C2CC3CCCC(C2)C3N)n1. The Morgan fingerprint density at radius 3 is 2.57 bits per heavy atom. The number of aromatic nitrogens is 2. The van der Waals surface area contributed by atoms with Crippen LogP contribution in [0.3, 0.4) is 0 Å². The number of hydrogen-bond acceptors (Lipinski definition) is 4. The van der Waals surface area contributed by atoms with Gasteiger partial charge in [-0.1, -0.05) is 6.42 Å². The van der Waals surface area contributed by atoms with Crippen molar-refractivity contribution in [1.82, 2.24) is 9.78 Å². The second-order valence-electron chi connectivity index (χ2n) is 6.55. The number of amides is 2. The van der Waals surface area contributed by atoms with Crippen molar-refractivity contribution in [2.45, 2.75) is 44.7 Å². The number of primary amides is 1. The molecule has 3 rings (SSSR count). The van der Waals surface area contributed by atoms with Crippen molar-refractivity contribution in [2.75, 3.05) is 5.32 Å². The fourth-order valence-corrected chi connectivity index (χ4v) is 3.91. The van der Waals surface area contributed by atoms with Gasteiger partial charge >= 0.3 is 0 Å². The van der Waals surface area contributed by atoms with Gasteiger partial charge in [0.05, 0.1) is 0 Å². The van der Waals surface area contributed by atoms with Gasteiger partial charge in [0, 0.05) is 24.2 Å². The topological polar surface area (TPSA) is 116 Å². The summed E-state index contributed by atoms with van der Waals surface area (Å²) >= 11 is 0. The fraction of sp³-hybridized carbons (Fsp3) is 0.667. The number of carbonyl (C=O) groups excluding carboxylic acids is 2. The predicted molar refractivity (Wildman–Crippen MR) is 88.8 cm³/mol. The lowest BCUT2D eigenvalue weighted by Crippen LogP contribution is -2.48. The smallest absolute Gasteiger partial charge is 0.239 e. The van der Waals surface area contributed by atoms with E-state index in [9.17, 15) is 9.59 Å². The van der Waals surface area contributed by atoms with Crippen LogP contribution in [0.2, 0.25) is 0 Å². The van der Waals surface area contributed by atoms with Gasteiger partial charge in [0.25, 0.3) is 0 Å². The average molecular weight is 342 g/mol. The van der Waals surface area contributed by atoms with Crippen LogP contribution in [0.5, 0.6) is 0 Å². The summed E-state index contributed by atoms with van der Waals surface area (Å²) in [5.74, 6) is 0.956. The zero-order valence-corrected chi connectivity index (χ0v) is 13.8. The molecule has 2 amide bonds. The van der Waals surface area contributed by atoms with Gasteiger partial charge in [-0.05, 0) is 37.5 Å². The minimum Gasteiger partial charge on any atom is -0.368 e. The minimum absolute atomic E-state index is 0. The summed E-state index contributed by atoms with van der Waals surface area (Å²) in [6.45, 7) is 0.0122. The van der Waals surface area contributed by atoms with Crippen molar-refractivity contribution >= 4 is 30.0 Å². The highest BCUT2D eigenvalue weighted by molar-refractivity contribution is 5.91. The molecule has 2 atom stereocenters. The molecule has 1 aromatic rings. The molecule has 1 heterocycles. The van der Waals surface area contributed by atoms with Crippen LogP contribution in [-0.4, -0.2) is 27.6 Å². The lowest BCUT2D eigenvalue weighted by atomic mass is 9.65. The van der Waals surface area contributed by atoms with E-state index in [-0.39, 0.29) is 36.8 Å². The molecule has 2 aliphatic carbocycles. The van der Waals surface area contributed by atoms with Crippen LogP contribution in [0.4, 0.5) is 5.82 Å². The molecule has 8 heteroatoms. The number of carbonyl (C=O) groups is 2. The summed E-state index contributed by atoms with van der Waals surface area (Å²) in [4.78, 5) is 23.3. The summed E-state index contributed by atoms with van der Waals surface area (Å²) in [5.41, 5.74) is 11.4. The van der Waals surface area contributed by atoms with Crippen LogP contribution < -0.4 is 16.8 Å². The number of halogens is 1. The molecule has 0 aliphatic heterocycles. The quantitative estimate of drug-likeness (QED) is 0.753. The van der Waals surface area contributed by atoms with E-state index in [1.54, 1.807) is 12.3 Å². The van der Waals surface area contributed by atoms with Crippen LogP contribution >= 0.6 is 12.4 Å². The van der Waals surface area contributed by atoms with E-state index in [1.807, 2.05) is 0 Å². The first-order valence-corrected chi connectivity index (χ1v) is 7.91. The number of rotatable bonds is 4. The monoisotopic (exact) mass is 341 g/mol.